The monoisotopic (exact) mass is 474 g/mol. The summed E-state index contributed by atoms with van der Waals surface area (Å²) in [5.74, 6) is -2.69. The van der Waals surface area contributed by atoms with E-state index in [2.05, 4.69) is 10.3 Å². The fraction of sp³-hybridized carbons (Fsp3) is 0.261. The molecule has 2 heterocycles. The summed E-state index contributed by atoms with van der Waals surface area (Å²) in [5.41, 5.74) is 1.70. The van der Waals surface area contributed by atoms with Gasteiger partial charge in [0.2, 0.25) is 0 Å². The number of amides is 3. The van der Waals surface area contributed by atoms with Crippen LogP contribution in [-0.2, 0) is 13.1 Å². The zero-order valence-corrected chi connectivity index (χ0v) is 18.8. The van der Waals surface area contributed by atoms with E-state index in [1.807, 2.05) is 6.92 Å². The van der Waals surface area contributed by atoms with Crippen molar-refractivity contribution in [3.63, 3.8) is 0 Å². The van der Waals surface area contributed by atoms with Crippen LogP contribution >= 0.6 is 11.3 Å². The van der Waals surface area contributed by atoms with Crippen LogP contribution in [0.3, 0.4) is 0 Å². The summed E-state index contributed by atoms with van der Waals surface area (Å²) in [7, 11) is 0. The summed E-state index contributed by atoms with van der Waals surface area (Å²) < 4.78 is 39.6. The summed E-state index contributed by atoms with van der Waals surface area (Å²) in [4.78, 5) is 33.6. The zero-order chi connectivity index (χ0) is 23.7. The van der Waals surface area contributed by atoms with Gasteiger partial charge in [0.05, 0.1) is 12.2 Å². The summed E-state index contributed by atoms with van der Waals surface area (Å²) in [6.45, 7) is 4.35. The third-order valence-electron chi connectivity index (χ3n) is 5.38. The van der Waals surface area contributed by atoms with E-state index in [1.54, 1.807) is 24.0 Å². The normalized spacial score (nSPS) is 15.9. The second kappa shape index (κ2) is 9.22. The van der Waals surface area contributed by atoms with Crippen molar-refractivity contribution in [1.82, 2.24) is 15.2 Å². The molecule has 4 rings (SSSR count). The largest absolute Gasteiger partial charge is 0.347 e. The minimum atomic E-state index is -0.982. The van der Waals surface area contributed by atoms with Crippen LogP contribution in [0.2, 0.25) is 0 Å². The van der Waals surface area contributed by atoms with Crippen molar-refractivity contribution in [3.8, 4) is 0 Å². The van der Waals surface area contributed by atoms with Crippen LogP contribution in [0, 0.1) is 24.4 Å². The molecule has 1 atom stereocenters. The number of carbonyl (C=O) groups is 2. The molecule has 3 amide bonds. The third-order valence-corrected chi connectivity index (χ3v) is 6.56. The topological polar surface area (TPSA) is 65.5 Å². The molecule has 3 aromatic rings. The lowest BCUT2D eigenvalue weighted by molar-refractivity contribution is 0.0954. The number of carbonyl (C=O) groups excluding carboxylic acids is 2. The molecule has 1 saturated heterocycles. The van der Waals surface area contributed by atoms with E-state index in [1.165, 1.54) is 23.1 Å². The van der Waals surface area contributed by atoms with Crippen LogP contribution in [0.25, 0.3) is 0 Å². The highest BCUT2D eigenvalue weighted by Crippen LogP contribution is 2.31. The molecule has 1 aliphatic rings. The Bertz CT molecular complexity index is 1200. The number of nitrogens with one attached hydrogen (secondary N) is 1. The minimum Gasteiger partial charge on any atom is -0.347 e. The molecule has 1 aromatic heterocycles. The summed E-state index contributed by atoms with van der Waals surface area (Å²) >= 11 is 1.09. The second-order valence-corrected chi connectivity index (χ2v) is 8.82. The van der Waals surface area contributed by atoms with Crippen LogP contribution < -0.4 is 10.2 Å². The molecular formula is C23H21F3N4O2S. The second-order valence-electron chi connectivity index (χ2n) is 7.84. The average Bonchev–Trinajstić information content (AvgIpc) is 3.30. The van der Waals surface area contributed by atoms with Crippen molar-refractivity contribution in [1.29, 1.82) is 0 Å². The predicted octanol–water partition coefficient (Wildman–Crippen LogP) is 4.63. The molecule has 0 unspecified atom stereocenters. The van der Waals surface area contributed by atoms with E-state index in [0.29, 0.717) is 34.4 Å². The maximum Gasteiger partial charge on any atom is 0.326 e. The number of nitrogens with zero attached hydrogens (tertiary/aromatic N) is 3. The van der Waals surface area contributed by atoms with Gasteiger partial charge in [0.25, 0.3) is 5.91 Å². The number of aromatic nitrogens is 1. The number of aryl methyl sites for hydroxylation is 1. The lowest BCUT2D eigenvalue weighted by Crippen LogP contribution is -2.33. The first-order valence-corrected chi connectivity index (χ1v) is 11.1. The molecule has 0 radical (unpaired) electrons. The highest BCUT2D eigenvalue weighted by molar-refractivity contribution is 7.17. The van der Waals surface area contributed by atoms with E-state index in [9.17, 15) is 22.8 Å². The van der Waals surface area contributed by atoms with Crippen molar-refractivity contribution < 1.29 is 22.8 Å². The first-order valence-electron chi connectivity index (χ1n) is 10.2. The number of halogens is 3. The van der Waals surface area contributed by atoms with Crippen LogP contribution in [0.1, 0.15) is 33.4 Å². The molecule has 0 saturated carbocycles. The van der Waals surface area contributed by atoms with Gasteiger partial charge in [-0.05, 0) is 49.2 Å². The van der Waals surface area contributed by atoms with Gasteiger partial charge < -0.3 is 10.2 Å². The fourth-order valence-electron chi connectivity index (χ4n) is 3.57. The highest BCUT2D eigenvalue weighted by Gasteiger charge is 2.37. The van der Waals surface area contributed by atoms with E-state index in [-0.39, 0.29) is 24.4 Å². The third kappa shape index (κ3) is 4.85. The molecule has 0 aliphatic carbocycles. The number of hydrogen-bond donors (Lipinski definition) is 1. The molecule has 0 bridgehead atoms. The quantitative estimate of drug-likeness (QED) is 0.567. The SMILES string of the molecule is Cc1nc(N2C[C@@H](C)N(Cc3ccc(F)cc3)C2=O)sc1C(=O)NCc1ccc(F)c(F)c1. The van der Waals surface area contributed by atoms with Gasteiger partial charge in [0.1, 0.15) is 10.7 Å². The Morgan fingerprint density at radius 3 is 2.52 bits per heavy atom. The molecular weight excluding hydrogens is 453 g/mol. The summed E-state index contributed by atoms with van der Waals surface area (Å²) in [5, 5.41) is 3.08. The molecule has 10 heteroatoms. The lowest BCUT2D eigenvalue weighted by atomic mass is 10.2. The Morgan fingerprint density at radius 1 is 1.12 bits per heavy atom. The molecule has 1 N–H and O–H groups in total. The van der Waals surface area contributed by atoms with Crippen molar-refractivity contribution in [2.45, 2.75) is 33.0 Å². The van der Waals surface area contributed by atoms with Crippen LogP contribution in [0.4, 0.5) is 23.1 Å². The fourth-order valence-corrected chi connectivity index (χ4v) is 4.56. The Morgan fingerprint density at radius 2 is 1.82 bits per heavy atom. The number of rotatable bonds is 6. The first-order chi connectivity index (χ1) is 15.7. The molecule has 172 valence electrons. The minimum absolute atomic E-state index is 0.0217. The van der Waals surface area contributed by atoms with E-state index >= 15 is 0 Å². The van der Waals surface area contributed by atoms with Gasteiger partial charge in [-0.25, -0.2) is 22.9 Å². The summed E-state index contributed by atoms with van der Waals surface area (Å²) in [6.07, 6.45) is 0. The van der Waals surface area contributed by atoms with Crippen molar-refractivity contribution in [2.24, 2.45) is 0 Å². The molecule has 1 fully saturated rings. The summed E-state index contributed by atoms with van der Waals surface area (Å²) in [6, 6.07) is 9.07. The Hall–Kier alpha value is -3.40. The molecule has 1 aliphatic heterocycles. The number of thiazole rings is 1. The van der Waals surface area contributed by atoms with Crippen molar-refractivity contribution in [2.75, 3.05) is 11.4 Å². The maximum absolute atomic E-state index is 13.4. The smallest absolute Gasteiger partial charge is 0.326 e. The lowest BCUT2D eigenvalue weighted by Gasteiger charge is -2.20. The van der Waals surface area contributed by atoms with Gasteiger partial charge in [-0.1, -0.05) is 29.5 Å². The zero-order valence-electron chi connectivity index (χ0n) is 17.9. The number of anilines is 1. The van der Waals surface area contributed by atoms with Gasteiger partial charge >= 0.3 is 6.03 Å². The molecule has 33 heavy (non-hydrogen) atoms. The maximum atomic E-state index is 13.4. The number of hydrogen-bond acceptors (Lipinski definition) is 4. The van der Waals surface area contributed by atoms with Crippen LogP contribution in [-0.4, -0.2) is 34.4 Å². The van der Waals surface area contributed by atoms with Gasteiger partial charge in [0, 0.05) is 19.1 Å². The Kier molecular flexibility index (Phi) is 6.37. The van der Waals surface area contributed by atoms with E-state index < -0.39 is 17.5 Å². The first kappa shape index (κ1) is 22.8. The average molecular weight is 475 g/mol. The van der Waals surface area contributed by atoms with E-state index in [0.717, 1.165) is 29.0 Å². The molecule has 6 nitrogen and oxygen atoms in total. The van der Waals surface area contributed by atoms with Gasteiger partial charge in [-0.2, -0.15) is 0 Å². The van der Waals surface area contributed by atoms with Crippen molar-refractivity contribution in [3.05, 3.63) is 81.6 Å². The predicted molar refractivity (Wildman–Crippen MR) is 119 cm³/mol. The van der Waals surface area contributed by atoms with Gasteiger partial charge in [-0.3, -0.25) is 9.69 Å². The van der Waals surface area contributed by atoms with Gasteiger partial charge in [-0.15, -0.1) is 0 Å². The van der Waals surface area contributed by atoms with Crippen LogP contribution in [0.5, 0.6) is 0 Å². The molecule has 2 aromatic carbocycles. The number of urea groups is 1. The standard InChI is InChI=1S/C23H21F3N4O2S/c1-13-11-30(23(32)29(13)12-15-3-6-17(24)7-4-15)22-28-14(2)20(33-22)21(31)27-10-16-5-8-18(25)19(26)9-16/h3-9,13H,10-12H2,1-2H3,(H,27,31)/t13-/m1/s1. The number of benzene rings is 2. The van der Waals surface area contributed by atoms with Crippen molar-refractivity contribution >= 4 is 28.4 Å². The molecule has 0 spiro atoms. The Labute approximate surface area is 192 Å². The Balaban J connectivity index is 1.44. The van der Waals surface area contributed by atoms with E-state index in [4.69, 9.17) is 0 Å². The van der Waals surface area contributed by atoms with Crippen LogP contribution in [0.15, 0.2) is 42.5 Å². The highest BCUT2D eigenvalue weighted by atomic mass is 32.1. The van der Waals surface area contributed by atoms with Gasteiger partial charge in [0.15, 0.2) is 16.8 Å².